The standard InChI is InChI=1S/C23H26N2O2/c1-6-13-25-20-12-11-17(15(2)3)14-18(20)16(4)22(25)23(26)24-19-9-7-8-10-21(19)27-5/h6-12,14-15H,1,13H2,2-5H3,(H,24,26). The maximum absolute atomic E-state index is 13.2. The fraction of sp³-hybridized carbons (Fsp3) is 0.261. The Hall–Kier alpha value is -3.01. The number of amides is 1. The van der Waals surface area contributed by atoms with E-state index < -0.39 is 0 Å². The monoisotopic (exact) mass is 362 g/mol. The summed E-state index contributed by atoms with van der Waals surface area (Å²) >= 11 is 0. The highest BCUT2D eigenvalue weighted by Gasteiger charge is 2.21. The molecule has 1 aromatic heterocycles. The van der Waals surface area contributed by atoms with E-state index in [0.717, 1.165) is 16.5 Å². The van der Waals surface area contributed by atoms with Crippen LogP contribution in [0.2, 0.25) is 0 Å². The molecule has 140 valence electrons. The lowest BCUT2D eigenvalue weighted by Gasteiger charge is -2.12. The van der Waals surface area contributed by atoms with Gasteiger partial charge in [-0.05, 0) is 48.2 Å². The van der Waals surface area contributed by atoms with Gasteiger partial charge in [0.2, 0.25) is 0 Å². The Labute approximate surface area is 160 Å². The lowest BCUT2D eigenvalue weighted by molar-refractivity contribution is 0.101. The third-order valence-electron chi connectivity index (χ3n) is 4.89. The first-order chi connectivity index (χ1) is 13.0. The van der Waals surface area contributed by atoms with Crippen molar-refractivity contribution >= 4 is 22.5 Å². The molecule has 4 nitrogen and oxygen atoms in total. The van der Waals surface area contributed by atoms with Gasteiger partial charge in [0.05, 0.1) is 12.8 Å². The summed E-state index contributed by atoms with van der Waals surface area (Å²) in [6.07, 6.45) is 1.81. The number of benzene rings is 2. The zero-order valence-corrected chi connectivity index (χ0v) is 16.4. The Morgan fingerprint density at radius 1 is 1.26 bits per heavy atom. The lowest BCUT2D eigenvalue weighted by Crippen LogP contribution is -2.18. The lowest BCUT2D eigenvalue weighted by atomic mass is 10.0. The Bertz CT molecular complexity index is 999. The van der Waals surface area contributed by atoms with Crippen molar-refractivity contribution in [2.24, 2.45) is 0 Å². The summed E-state index contributed by atoms with van der Waals surface area (Å²) in [5.74, 6) is 0.917. The second-order valence-electron chi connectivity index (χ2n) is 6.96. The van der Waals surface area contributed by atoms with Crippen LogP contribution in [0.5, 0.6) is 5.75 Å². The van der Waals surface area contributed by atoms with Gasteiger partial charge in [-0.25, -0.2) is 0 Å². The fourth-order valence-corrected chi connectivity index (χ4v) is 3.44. The number of nitrogens with one attached hydrogen (secondary N) is 1. The minimum absolute atomic E-state index is 0.152. The van der Waals surface area contributed by atoms with Crippen LogP contribution >= 0.6 is 0 Å². The van der Waals surface area contributed by atoms with Crippen LogP contribution in [0.25, 0.3) is 10.9 Å². The van der Waals surface area contributed by atoms with Crippen LogP contribution in [-0.4, -0.2) is 17.6 Å². The Morgan fingerprint density at radius 3 is 2.67 bits per heavy atom. The van der Waals surface area contributed by atoms with E-state index in [4.69, 9.17) is 4.74 Å². The van der Waals surface area contributed by atoms with Crippen LogP contribution < -0.4 is 10.1 Å². The molecule has 1 amide bonds. The van der Waals surface area contributed by atoms with Crippen molar-refractivity contribution in [3.63, 3.8) is 0 Å². The van der Waals surface area contributed by atoms with Crippen LogP contribution in [0.3, 0.4) is 0 Å². The molecule has 3 aromatic rings. The van der Waals surface area contributed by atoms with E-state index >= 15 is 0 Å². The zero-order chi connectivity index (χ0) is 19.6. The minimum atomic E-state index is -0.152. The molecule has 0 aliphatic heterocycles. The van der Waals surface area contributed by atoms with E-state index in [0.29, 0.717) is 29.6 Å². The number of carbonyl (C=O) groups excluding carboxylic acids is 1. The van der Waals surface area contributed by atoms with E-state index in [1.165, 1.54) is 5.56 Å². The molecule has 2 aromatic carbocycles. The molecule has 1 heterocycles. The molecule has 0 spiro atoms. The largest absolute Gasteiger partial charge is 0.495 e. The summed E-state index contributed by atoms with van der Waals surface area (Å²) in [5, 5.41) is 4.10. The number of hydrogen-bond acceptors (Lipinski definition) is 2. The van der Waals surface area contributed by atoms with Gasteiger partial charge in [-0.15, -0.1) is 6.58 Å². The predicted molar refractivity (Wildman–Crippen MR) is 112 cm³/mol. The SMILES string of the molecule is C=CCn1c(C(=O)Nc2ccccc2OC)c(C)c2cc(C(C)C)ccc21. The number of nitrogens with zero attached hydrogens (tertiary/aromatic N) is 1. The first-order valence-electron chi connectivity index (χ1n) is 9.16. The third-order valence-corrected chi connectivity index (χ3v) is 4.89. The molecule has 0 aliphatic carbocycles. The fourth-order valence-electron chi connectivity index (χ4n) is 3.44. The van der Waals surface area contributed by atoms with Gasteiger partial charge in [0, 0.05) is 17.4 Å². The molecule has 0 radical (unpaired) electrons. The summed E-state index contributed by atoms with van der Waals surface area (Å²) in [7, 11) is 1.60. The summed E-state index contributed by atoms with van der Waals surface area (Å²) in [5.41, 5.74) is 4.58. The number of fused-ring (bicyclic) bond motifs is 1. The molecule has 0 saturated carbocycles. The number of aromatic nitrogens is 1. The number of para-hydroxylation sites is 2. The number of hydrogen-bond donors (Lipinski definition) is 1. The van der Waals surface area contributed by atoms with Crippen molar-refractivity contribution < 1.29 is 9.53 Å². The van der Waals surface area contributed by atoms with Crippen LogP contribution in [-0.2, 0) is 6.54 Å². The second-order valence-corrected chi connectivity index (χ2v) is 6.96. The van der Waals surface area contributed by atoms with Crippen LogP contribution in [0, 0.1) is 6.92 Å². The number of anilines is 1. The molecule has 0 fully saturated rings. The van der Waals surface area contributed by atoms with Gasteiger partial charge >= 0.3 is 0 Å². The van der Waals surface area contributed by atoms with E-state index in [9.17, 15) is 4.79 Å². The van der Waals surface area contributed by atoms with E-state index in [-0.39, 0.29) is 5.91 Å². The molecule has 27 heavy (non-hydrogen) atoms. The number of allylic oxidation sites excluding steroid dienone is 1. The van der Waals surface area contributed by atoms with Crippen LogP contribution in [0.1, 0.15) is 41.4 Å². The molecule has 0 saturated heterocycles. The van der Waals surface area contributed by atoms with Crippen molar-refractivity contribution in [3.8, 4) is 5.75 Å². The van der Waals surface area contributed by atoms with E-state index in [1.807, 2.05) is 41.8 Å². The van der Waals surface area contributed by atoms with Crippen LogP contribution in [0.15, 0.2) is 55.1 Å². The van der Waals surface area contributed by atoms with Crippen LogP contribution in [0.4, 0.5) is 5.69 Å². The molecule has 1 N–H and O–H groups in total. The predicted octanol–water partition coefficient (Wildman–Crippen LogP) is 5.52. The van der Waals surface area contributed by atoms with Gasteiger partial charge in [-0.2, -0.15) is 0 Å². The summed E-state index contributed by atoms with van der Waals surface area (Å²) in [6, 6.07) is 13.8. The topological polar surface area (TPSA) is 43.3 Å². The second kappa shape index (κ2) is 7.70. The summed E-state index contributed by atoms with van der Waals surface area (Å²) < 4.78 is 7.37. The van der Waals surface area contributed by atoms with Gasteiger partial charge < -0.3 is 14.6 Å². The molecule has 0 bridgehead atoms. The Morgan fingerprint density at radius 2 is 2.00 bits per heavy atom. The number of rotatable bonds is 6. The normalized spacial score (nSPS) is 11.0. The van der Waals surface area contributed by atoms with Gasteiger partial charge in [0.15, 0.2) is 0 Å². The number of aryl methyl sites for hydroxylation is 1. The van der Waals surface area contributed by atoms with Gasteiger partial charge in [0.1, 0.15) is 11.4 Å². The highest BCUT2D eigenvalue weighted by atomic mass is 16.5. The summed E-state index contributed by atoms with van der Waals surface area (Å²) in [4.78, 5) is 13.2. The molecular formula is C23H26N2O2. The average molecular weight is 362 g/mol. The maximum atomic E-state index is 13.2. The van der Waals surface area contributed by atoms with E-state index in [1.54, 1.807) is 7.11 Å². The Balaban J connectivity index is 2.11. The summed E-state index contributed by atoms with van der Waals surface area (Å²) in [6.45, 7) is 10.8. The molecule has 0 atom stereocenters. The average Bonchev–Trinajstić information content (AvgIpc) is 2.94. The van der Waals surface area contributed by atoms with Gasteiger partial charge in [0.25, 0.3) is 5.91 Å². The molecule has 3 rings (SSSR count). The maximum Gasteiger partial charge on any atom is 0.272 e. The zero-order valence-electron chi connectivity index (χ0n) is 16.4. The van der Waals surface area contributed by atoms with Gasteiger partial charge in [-0.3, -0.25) is 4.79 Å². The number of carbonyl (C=O) groups is 1. The van der Waals surface area contributed by atoms with Crippen molar-refractivity contribution in [2.45, 2.75) is 33.2 Å². The number of methoxy groups -OCH3 is 1. The quantitative estimate of drug-likeness (QED) is 0.587. The van der Waals surface area contributed by atoms with Gasteiger partial charge in [-0.1, -0.05) is 38.1 Å². The first kappa shape index (κ1) is 18.8. The first-order valence-corrected chi connectivity index (χ1v) is 9.16. The van der Waals surface area contributed by atoms with E-state index in [2.05, 4.69) is 43.9 Å². The highest BCUT2D eigenvalue weighted by molar-refractivity contribution is 6.09. The molecule has 0 aliphatic rings. The van der Waals surface area contributed by atoms with Crippen molar-refractivity contribution in [3.05, 3.63) is 71.9 Å². The van der Waals surface area contributed by atoms with Crippen molar-refractivity contribution in [2.75, 3.05) is 12.4 Å². The molecular weight excluding hydrogens is 336 g/mol. The smallest absolute Gasteiger partial charge is 0.272 e. The molecule has 4 heteroatoms. The highest BCUT2D eigenvalue weighted by Crippen LogP contribution is 2.31. The van der Waals surface area contributed by atoms with Crippen molar-refractivity contribution in [1.29, 1.82) is 0 Å². The molecule has 0 unspecified atom stereocenters. The number of ether oxygens (including phenoxy) is 1. The van der Waals surface area contributed by atoms with Crippen molar-refractivity contribution in [1.82, 2.24) is 4.57 Å². The third kappa shape index (κ3) is 3.47. The Kier molecular flexibility index (Phi) is 5.36. The minimum Gasteiger partial charge on any atom is -0.495 e.